The minimum absolute atomic E-state index is 0.857. The number of methoxy groups -OCH3 is 1. The molecular formula is C25H31N2OP. The second-order valence-electron chi connectivity index (χ2n) is 6.99. The van der Waals surface area contributed by atoms with E-state index < -0.39 is 7.05 Å². The van der Waals surface area contributed by atoms with E-state index in [1.54, 1.807) is 7.11 Å². The van der Waals surface area contributed by atoms with Crippen LogP contribution in [0.5, 0.6) is 5.75 Å². The number of ether oxygens (including phenoxy) is 1. The van der Waals surface area contributed by atoms with Gasteiger partial charge in [0.2, 0.25) is 0 Å². The second kappa shape index (κ2) is 10.4. The van der Waals surface area contributed by atoms with Crippen molar-refractivity contribution in [1.82, 2.24) is 4.90 Å². The van der Waals surface area contributed by atoms with E-state index in [0.29, 0.717) is 0 Å². The van der Waals surface area contributed by atoms with Crippen LogP contribution in [-0.4, -0.2) is 37.8 Å². The summed E-state index contributed by atoms with van der Waals surface area (Å²) in [5.74, 6) is 0.857. The van der Waals surface area contributed by atoms with E-state index in [0.717, 1.165) is 37.2 Å². The Morgan fingerprint density at radius 3 is 1.72 bits per heavy atom. The molecule has 0 spiro atoms. The van der Waals surface area contributed by atoms with E-state index in [-0.39, 0.29) is 0 Å². The first-order chi connectivity index (χ1) is 14.2. The lowest BCUT2D eigenvalue weighted by Gasteiger charge is -2.29. The first-order valence-corrected chi connectivity index (χ1v) is 12.2. The molecule has 0 saturated carbocycles. The van der Waals surface area contributed by atoms with Gasteiger partial charge in [-0.2, -0.15) is 0 Å². The molecule has 0 aliphatic rings. The molecule has 4 heteroatoms. The van der Waals surface area contributed by atoms with E-state index in [1.807, 2.05) is 12.1 Å². The van der Waals surface area contributed by atoms with E-state index in [1.165, 1.54) is 10.6 Å². The molecule has 3 aromatic rings. The first-order valence-electron chi connectivity index (χ1n) is 10.3. The third-order valence-corrected chi connectivity index (χ3v) is 9.08. The number of nitrogens with zero attached hydrogens (tertiary/aromatic N) is 2. The van der Waals surface area contributed by atoms with Crippen molar-refractivity contribution in [2.24, 2.45) is 4.74 Å². The average Bonchev–Trinajstić information content (AvgIpc) is 2.80. The predicted octanol–water partition coefficient (Wildman–Crippen LogP) is 5.52. The van der Waals surface area contributed by atoms with Gasteiger partial charge in [-0.3, -0.25) is 4.74 Å². The van der Waals surface area contributed by atoms with Crippen LogP contribution in [0.15, 0.2) is 89.7 Å². The number of hydrogen-bond donors (Lipinski definition) is 0. The van der Waals surface area contributed by atoms with Gasteiger partial charge >= 0.3 is 0 Å². The van der Waals surface area contributed by atoms with E-state index in [2.05, 4.69) is 91.5 Å². The van der Waals surface area contributed by atoms with Crippen LogP contribution in [0.2, 0.25) is 0 Å². The molecule has 3 nitrogen and oxygen atoms in total. The summed E-state index contributed by atoms with van der Waals surface area (Å²) in [5, 5.41) is 2.66. The normalized spacial score (nSPS) is 11.4. The van der Waals surface area contributed by atoms with Crippen molar-refractivity contribution in [3.63, 3.8) is 0 Å². The highest BCUT2D eigenvalue weighted by Gasteiger charge is 2.25. The largest absolute Gasteiger partial charge is 0.497 e. The third-order valence-electron chi connectivity index (χ3n) is 5.36. The van der Waals surface area contributed by atoms with Crippen molar-refractivity contribution in [3.8, 4) is 5.75 Å². The summed E-state index contributed by atoms with van der Waals surface area (Å²) in [7, 11) is -0.288. The zero-order chi connectivity index (χ0) is 20.5. The Morgan fingerprint density at radius 2 is 1.28 bits per heavy atom. The third kappa shape index (κ3) is 5.18. The average molecular weight is 407 g/mol. The fourth-order valence-electron chi connectivity index (χ4n) is 3.59. The van der Waals surface area contributed by atoms with E-state index in [9.17, 15) is 0 Å². The van der Waals surface area contributed by atoms with Gasteiger partial charge in [0, 0.05) is 19.8 Å². The molecule has 0 heterocycles. The van der Waals surface area contributed by atoms with Gasteiger partial charge in [0.25, 0.3) is 0 Å². The Bertz CT molecular complexity index is 877. The summed E-state index contributed by atoms with van der Waals surface area (Å²) in [5.41, 5.74) is 1.01. The van der Waals surface area contributed by atoms with Crippen LogP contribution in [0.25, 0.3) is 0 Å². The van der Waals surface area contributed by atoms with Crippen LogP contribution in [0, 0.1) is 0 Å². The van der Waals surface area contributed by atoms with Gasteiger partial charge in [-0.05, 0) is 48.0 Å². The van der Waals surface area contributed by atoms with Crippen LogP contribution >= 0.6 is 7.05 Å². The fraction of sp³-hybridized carbons (Fsp3) is 0.280. The van der Waals surface area contributed by atoms with Crippen LogP contribution in [-0.2, 0) is 0 Å². The Balaban J connectivity index is 2.19. The molecule has 3 aromatic carbocycles. The van der Waals surface area contributed by atoms with Crippen molar-refractivity contribution in [2.75, 3.05) is 32.9 Å². The van der Waals surface area contributed by atoms with Gasteiger partial charge in [0.15, 0.2) is 0 Å². The summed E-state index contributed by atoms with van der Waals surface area (Å²) in [4.78, 5) is 2.49. The van der Waals surface area contributed by atoms with Gasteiger partial charge < -0.3 is 9.64 Å². The topological polar surface area (TPSA) is 24.8 Å². The standard InChI is InChI=1S/C25H31N2OP/c1-4-27(5-2)20-21-29(24-12-8-6-9-13-24,25-14-10-7-11-15-25)26-22-16-18-23(28-3)19-17-22/h6-19H,4-5,20-21H2,1-3H3. The van der Waals surface area contributed by atoms with Gasteiger partial charge in [0.05, 0.1) is 12.8 Å². The van der Waals surface area contributed by atoms with Gasteiger partial charge in [-0.15, -0.1) is 0 Å². The van der Waals surface area contributed by atoms with Crippen LogP contribution in [0.1, 0.15) is 13.8 Å². The van der Waals surface area contributed by atoms with Gasteiger partial charge in [-0.25, -0.2) is 0 Å². The SMILES string of the molecule is CCN(CC)CCP(=Nc1ccc(OC)cc1)(c1ccccc1)c1ccccc1. The Kier molecular flexibility index (Phi) is 7.69. The molecule has 29 heavy (non-hydrogen) atoms. The molecule has 0 bridgehead atoms. The minimum Gasteiger partial charge on any atom is -0.497 e. The summed E-state index contributed by atoms with van der Waals surface area (Å²) >= 11 is 0. The highest BCUT2D eigenvalue weighted by molar-refractivity contribution is 7.81. The number of benzene rings is 3. The molecule has 3 rings (SSSR count). The van der Waals surface area contributed by atoms with Gasteiger partial charge in [-0.1, -0.05) is 74.5 Å². The summed E-state index contributed by atoms with van der Waals surface area (Å²) in [6, 6.07) is 29.8. The molecule has 0 fully saturated rings. The lowest BCUT2D eigenvalue weighted by Crippen LogP contribution is -2.30. The maximum atomic E-state index is 5.48. The summed E-state index contributed by atoms with van der Waals surface area (Å²) in [6.07, 6.45) is 1.02. The molecule has 0 aromatic heterocycles. The molecule has 0 N–H and O–H groups in total. The predicted molar refractivity (Wildman–Crippen MR) is 127 cm³/mol. The molecule has 152 valence electrons. The van der Waals surface area contributed by atoms with Crippen molar-refractivity contribution in [2.45, 2.75) is 13.8 Å². The molecule has 0 radical (unpaired) electrons. The van der Waals surface area contributed by atoms with Crippen molar-refractivity contribution in [1.29, 1.82) is 0 Å². The van der Waals surface area contributed by atoms with Crippen molar-refractivity contribution in [3.05, 3.63) is 84.9 Å². The lowest BCUT2D eigenvalue weighted by molar-refractivity contribution is 0.323. The highest BCUT2D eigenvalue weighted by atomic mass is 31.2. The quantitative estimate of drug-likeness (QED) is 0.437. The molecule has 0 aliphatic heterocycles. The van der Waals surface area contributed by atoms with Crippen LogP contribution in [0.3, 0.4) is 0 Å². The minimum atomic E-state index is -1.98. The van der Waals surface area contributed by atoms with Crippen molar-refractivity contribution < 1.29 is 4.74 Å². The number of hydrogen-bond acceptors (Lipinski definition) is 3. The Morgan fingerprint density at radius 1 is 0.759 bits per heavy atom. The van der Waals surface area contributed by atoms with Gasteiger partial charge in [0.1, 0.15) is 5.75 Å². The van der Waals surface area contributed by atoms with E-state index in [4.69, 9.17) is 9.48 Å². The first kappa shape index (κ1) is 21.4. The smallest absolute Gasteiger partial charge is 0.119 e. The monoisotopic (exact) mass is 406 g/mol. The maximum Gasteiger partial charge on any atom is 0.119 e. The molecular weight excluding hydrogens is 375 g/mol. The Labute approximate surface area is 175 Å². The van der Waals surface area contributed by atoms with E-state index >= 15 is 0 Å². The highest BCUT2D eigenvalue weighted by Crippen LogP contribution is 2.50. The molecule has 0 amide bonds. The fourth-order valence-corrected chi connectivity index (χ4v) is 7.17. The number of rotatable bonds is 9. The lowest BCUT2D eigenvalue weighted by atomic mass is 10.3. The molecule has 0 atom stereocenters. The van der Waals surface area contributed by atoms with Crippen molar-refractivity contribution >= 4 is 23.4 Å². The second-order valence-corrected chi connectivity index (χ2v) is 10.2. The molecule has 0 unspecified atom stereocenters. The molecule has 0 aliphatic carbocycles. The molecule has 0 saturated heterocycles. The maximum absolute atomic E-state index is 5.48. The summed E-state index contributed by atoms with van der Waals surface area (Å²) in [6.45, 7) is 7.61. The Hall–Kier alpha value is -2.35. The zero-order valence-electron chi connectivity index (χ0n) is 17.7. The van der Waals surface area contributed by atoms with Crippen LogP contribution < -0.4 is 15.3 Å². The summed E-state index contributed by atoms with van der Waals surface area (Å²) < 4.78 is 10.8. The zero-order valence-corrected chi connectivity index (χ0v) is 18.6. The van der Waals surface area contributed by atoms with Crippen LogP contribution in [0.4, 0.5) is 5.69 Å².